The summed E-state index contributed by atoms with van der Waals surface area (Å²) in [5.74, 6) is -0.117. The lowest BCUT2D eigenvalue weighted by molar-refractivity contribution is -0.926. The van der Waals surface area contributed by atoms with Crippen molar-refractivity contribution in [2.75, 3.05) is 25.5 Å². The molecule has 0 saturated carbocycles. The molecule has 1 heterocycles. The average Bonchev–Trinajstić information content (AvgIpc) is 2.80. The van der Waals surface area contributed by atoms with Gasteiger partial charge in [-0.1, -0.05) is 54.6 Å². The number of likely N-dealkylation sites (tertiary alicyclic amines) is 1. The van der Waals surface area contributed by atoms with E-state index in [1.807, 2.05) is 30.3 Å². The molecule has 32 heavy (non-hydrogen) atoms. The normalized spacial score (nSPS) is 15.6. The summed E-state index contributed by atoms with van der Waals surface area (Å²) in [6.45, 7) is 5.69. The summed E-state index contributed by atoms with van der Waals surface area (Å²) < 4.78 is 1.12. The van der Waals surface area contributed by atoms with Crippen molar-refractivity contribution in [2.45, 2.75) is 32.7 Å². The Morgan fingerprint density at radius 2 is 1.69 bits per heavy atom. The summed E-state index contributed by atoms with van der Waals surface area (Å²) in [5.41, 5.74) is 6.79. The number of anilines is 1. The molecule has 1 amide bonds. The van der Waals surface area contributed by atoms with Crippen LogP contribution in [0.4, 0.5) is 5.69 Å². The number of quaternary nitrogens is 1. The van der Waals surface area contributed by atoms with E-state index < -0.39 is 0 Å². The molecular weight excluding hydrogens is 392 g/mol. The molecule has 3 aromatic rings. The topological polar surface area (TPSA) is 29.1 Å². The van der Waals surface area contributed by atoms with Gasteiger partial charge >= 0.3 is 0 Å². The van der Waals surface area contributed by atoms with Crippen LogP contribution in [0.3, 0.4) is 0 Å². The van der Waals surface area contributed by atoms with Crippen LogP contribution in [-0.4, -0.2) is 30.5 Å². The fourth-order valence-corrected chi connectivity index (χ4v) is 4.63. The molecule has 3 nitrogen and oxygen atoms in total. The molecule has 1 fully saturated rings. The van der Waals surface area contributed by atoms with Crippen LogP contribution in [0.25, 0.3) is 17.2 Å². The van der Waals surface area contributed by atoms with E-state index in [1.54, 1.807) is 6.08 Å². The number of nitrogens with one attached hydrogen (secondary N) is 1. The molecule has 3 aromatic carbocycles. The van der Waals surface area contributed by atoms with Crippen molar-refractivity contribution >= 4 is 17.7 Å². The van der Waals surface area contributed by atoms with Gasteiger partial charge in [0.2, 0.25) is 5.91 Å². The minimum absolute atomic E-state index is 0.117. The van der Waals surface area contributed by atoms with Crippen LogP contribution in [0.5, 0.6) is 0 Å². The van der Waals surface area contributed by atoms with E-state index in [0.717, 1.165) is 27.8 Å². The smallest absolute Gasteiger partial charge is 0.248 e. The zero-order chi connectivity index (χ0) is 22.4. The van der Waals surface area contributed by atoms with Crippen LogP contribution in [0.2, 0.25) is 0 Å². The third kappa shape index (κ3) is 5.74. The molecule has 0 radical (unpaired) electrons. The number of nitrogens with zero attached hydrogens (tertiary/aromatic N) is 1. The zero-order valence-corrected chi connectivity index (χ0v) is 19.2. The van der Waals surface area contributed by atoms with Crippen LogP contribution in [0.15, 0.2) is 78.9 Å². The molecule has 1 aliphatic heterocycles. The summed E-state index contributed by atoms with van der Waals surface area (Å²) in [6.07, 6.45) is 7.48. The quantitative estimate of drug-likeness (QED) is 0.357. The lowest BCUT2D eigenvalue weighted by atomic mass is 9.99. The Kier molecular flexibility index (Phi) is 6.87. The maximum Gasteiger partial charge on any atom is 0.248 e. The van der Waals surface area contributed by atoms with E-state index in [1.165, 1.54) is 49.0 Å². The molecule has 0 atom stereocenters. The predicted octanol–water partition coefficient (Wildman–Crippen LogP) is 6.44. The number of piperidine rings is 1. The van der Waals surface area contributed by atoms with Crippen molar-refractivity contribution in [1.82, 2.24) is 0 Å². The monoisotopic (exact) mass is 425 g/mol. The van der Waals surface area contributed by atoms with E-state index >= 15 is 0 Å². The van der Waals surface area contributed by atoms with Crippen molar-refractivity contribution in [3.8, 4) is 11.1 Å². The fourth-order valence-electron chi connectivity index (χ4n) is 4.63. The predicted molar refractivity (Wildman–Crippen MR) is 134 cm³/mol. The number of hydrogen-bond acceptors (Lipinski definition) is 1. The summed E-state index contributed by atoms with van der Waals surface area (Å²) >= 11 is 0. The van der Waals surface area contributed by atoms with Gasteiger partial charge in [-0.2, -0.15) is 0 Å². The first-order valence-corrected chi connectivity index (χ1v) is 11.6. The lowest BCUT2D eigenvalue weighted by Crippen LogP contribution is -2.46. The number of rotatable bonds is 6. The summed E-state index contributed by atoms with van der Waals surface area (Å²) in [6, 6.07) is 24.9. The van der Waals surface area contributed by atoms with Gasteiger partial charge in [-0.25, -0.2) is 0 Å². The van der Waals surface area contributed by atoms with Crippen LogP contribution >= 0.6 is 0 Å². The Balaban J connectivity index is 1.36. The number of amides is 1. The second-order valence-electron chi connectivity index (χ2n) is 9.25. The highest BCUT2D eigenvalue weighted by atomic mass is 16.1. The maximum absolute atomic E-state index is 12.4. The summed E-state index contributed by atoms with van der Waals surface area (Å²) in [4.78, 5) is 12.4. The third-order valence-electron chi connectivity index (χ3n) is 6.45. The van der Waals surface area contributed by atoms with E-state index in [2.05, 4.69) is 67.8 Å². The summed E-state index contributed by atoms with van der Waals surface area (Å²) in [5, 5.41) is 2.98. The Morgan fingerprint density at radius 3 is 2.44 bits per heavy atom. The van der Waals surface area contributed by atoms with Crippen LogP contribution in [0.1, 0.15) is 36.0 Å². The minimum Gasteiger partial charge on any atom is -0.323 e. The highest BCUT2D eigenvalue weighted by Gasteiger charge is 2.24. The van der Waals surface area contributed by atoms with Gasteiger partial charge in [-0.05, 0) is 72.7 Å². The average molecular weight is 426 g/mol. The fraction of sp³-hybridized carbons (Fsp3) is 0.276. The highest BCUT2D eigenvalue weighted by Crippen LogP contribution is 2.24. The molecule has 0 spiro atoms. The third-order valence-corrected chi connectivity index (χ3v) is 6.45. The Hall–Kier alpha value is -3.17. The number of carbonyl (C=O) groups excluding carboxylic acids is 1. The number of benzene rings is 3. The van der Waals surface area contributed by atoms with Crippen LogP contribution in [-0.2, 0) is 11.3 Å². The molecule has 4 rings (SSSR count). The van der Waals surface area contributed by atoms with E-state index in [-0.39, 0.29) is 5.91 Å². The Bertz CT molecular complexity index is 1090. The zero-order valence-electron chi connectivity index (χ0n) is 19.2. The Labute approximate surface area is 192 Å². The SMILES string of the molecule is Cc1ccccc1-c1cccc(/C=C/C(=O)Nc2ccc(C[N+]3(C)CCCCC3)cc2)c1. The number of aryl methyl sites for hydroxylation is 1. The van der Waals surface area contributed by atoms with E-state index in [9.17, 15) is 4.79 Å². The number of hydrogen-bond donors (Lipinski definition) is 1. The van der Waals surface area contributed by atoms with Crippen LogP contribution < -0.4 is 5.32 Å². The lowest BCUT2D eigenvalue weighted by Gasteiger charge is -2.37. The first kappa shape index (κ1) is 22.0. The largest absolute Gasteiger partial charge is 0.323 e. The second-order valence-corrected chi connectivity index (χ2v) is 9.25. The molecule has 3 heteroatoms. The van der Waals surface area contributed by atoms with Gasteiger partial charge in [0.05, 0.1) is 20.1 Å². The molecule has 0 aromatic heterocycles. The molecule has 0 bridgehead atoms. The molecular formula is C29H33N2O+. The summed E-state index contributed by atoms with van der Waals surface area (Å²) in [7, 11) is 2.35. The highest BCUT2D eigenvalue weighted by molar-refractivity contribution is 6.02. The standard InChI is InChI=1S/C29H32N2O/c1-23-9-4-5-12-28(23)26-11-8-10-24(21-26)15-18-29(32)30-27-16-13-25(14-17-27)22-31(2)19-6-3-7-20-31/h4-5,8-18,21H,3,6-7,19-20,22H2,1-2H3/p+1/b18-15+. The number of carbonyl (C=O) groups is 1. The second kappa shape index (κ2) is 9.97. The van der Waals surface area contributed by atoms with Crippen LogP contribution in [0, 0.1) is 6.92 Å². The van der Waals surface area contributed by atoms with Gasteiger partial charge in [0, 0.05) is 17.3 Å². The molecule has 0 aliphatic carbocycles. The van der Waals surface area contributed by atoms with E-state index in [0.29, 0.717) is 0 Å². The van der Waals surface area contributed by atoms with E-state index in [4.69, 9.17) is 0 Å². The minimum atomic E-state index is -0.117. The first-order chi connectivity index (χ1) is 15.5. The van der Waals surface area contributed by atoms with Crippen molar-refractivity contribution in [3.63, 3.8) is 0 Å². The van der Waals surface area contributed by atoms with Gasteiger partial charge in [-0.3, -0.25) is 4.79 Å². The molecule has 0 unspecified atom stereocenters. The van der Waals surface area contributed by atoms with Crippen molar-refractivity contribution in [1.29, 1.82) is 0 Å². The van der Waals surface area contributed by atoms with Gasteiger partial charge in [-0.15, -0.1) is 0 Å². The molecule has 1 saturated heterocycles. The molecule has 164 valence electrons. The van der Waals surface area contributed by atoms with Crippen molar-refractivity contribution in [2.24, 2.45) is 0 Å². The molecule has 1 aliphatic rings. The van der Waals surface area contributed by atoms with Gasteiger partial charge in [0.25, 0.3) is 0 Å². The van der Waals surface area contributed by atoms with Gasteiger partial charge in [0.1, 0.15) is 6.54 Å². The van der Waals surface area contributed by atoms with Crippen molar-refractivity contribution < 1.29 is 9.28 Å². The van der Waals surface area contributed by atoms with Crippen molar-refractivity contribution in [3.05, 3.63) is 95.6 Å². The molecule has 1 N–H and O–H groups in total. The Morgan fingerprint density at radius 1 is 0.938 bits per heavy atom. The first-order valence-electron chi connectivity index (χ1n) is 11.6. The van der Waals surface area contributed by atoms with Gasteiger partial charge < -0.3 is 9.80 Å². The van der Waals surface area contributed by atoms with Gasteiger partial charge in [0.15, 0.2) is 0 Å². The maximum atomic E-state index is 12.4.